The summed E-state index contributed by atoms with van der Waals surface area (Å²) in [5.74, 6) is 0.953. The van der Waals surface area contributed by atoms with E-state index >= 15 is 0 Å². The van der Waals surface area contributed by atoms with Crippen molar-refractivity contribution in [2.45, 2.75) is 32.2 Å². The highest BCUT2D eigenvalue weighted by Crippen LogP contribution is 2.35. The van der Waals surface area contributed by atoms with E-state index < -0.39 is 0 Å². The van der Waals surface area contributed by atoms with E-state index in [-0.39, 0.29) is 6.04 Å². The molecule has 0 amide bonds. The van der Waals surface area contributed by atoms with Crippen LogP contribution in [-0.2, 0) is 6.42 Å². The number of aromatic amines is 1. The van der Waals surface area contributed by atoms with Crippen LogP contribution in [0.15, 0.2) is 46.9 Å². The topological polar surface area (TPSA) is 37.0 Å². The third-order valence-corrected chi connectivity index (χ3v) is 5.39. The second-order valence-corrected chi connectivity index (χ2v) is 7.53. The minimum atomic E-state index is 0.208. The summed E-state index contributed by atoms with van der Waals surface area (Å²) in [4.78, 5) is 3.63. The zero-order valence-corrected chi connectivity index (χ0v) is 16.0. The highest BCUT2D eigenvalue weighted by atomic mass is 79.9. The van der Waals surface area contributed by atoms with Crippen LogP contribution in [0.4, 0.5) is 0 Å². The van der Waals surface area contributed by atoms with Gasteiger partial charge in [-0.15, -0.1) is 0 Å². The van der Waals surface area contributed by atoms with E-state index in [2.05, 4.69) is 75.6 Å². The van der Waals surface area contributed by atoms with Crippen LogP contribution in [0.2, 0.25) is 0 Å². The zero-order valence-electron chi connectivity index (χ0n) is 14.4. The third-order valence-electron chi connectivity index (χ3n) is 4.89. The Bertz CT molecular complexity index is 869. The molecule has 0 aliphatic carbocycles. The summed E-state index contributed by atoms with van der Waals surface area (Å²) in [6, 6.07) is 15.2. The minimum absolute atomic E-state index is 0.208. The molecule has 2 heterocycles. The smallest absolute Gasteiger partial charge is 0.119 e. The SMILES string of the molecule is CCCCOc1ccc(C2NCCc3c2[nH]c2ccc(Br)cc32)cc1. The van der Waals surface area contributed by atoms with E-state index in [9.17, 15) is 0 Å². The van der Waals surface area contributed by atoms with Gasteiger partial charge in [0.1, 0.15) is 5.75 Å². The molecule has 2 aromatic carbocycles. The van der Waals surface area contributed by atoms with Crippen molar-refractivity contribution in [1.29, 1.82) is 0 Å². The van der Waals surface area contributed by atoms with Crippen molar-refractivity contribution in [2.24, 2.45) is 0 Å². The summed E-state index contributed by atoms with van der Waals surface area (Å²) < 4.78 is 6.92. The van der Waals surface area contributed by atoms with Crippen LogP contribution < -0.4 is 10.1 Å². The van der Waals surface area contributed by atoms with Crippen molar-refractivity contribution in [3.05, 3.63) is 63.8 Å². The van der Waals surface area contributed by atoms with Gasteiger partial charge in [-0.05, 0) is 54.3 Å². The number of benzene rings is 2. The fraction of sp³-hybridized carbons (Fsp3) is 0.333. The largest absolute Gasteiger partial charge is 0.494 e. The number of H-pyrrole nitrogens is 1. The Morgan fingerprint density at radius 2 is 2.00 bits per heavy atom. The fourth-order valence-electron chi connectivity index (χ4n) is 3.58. The predicted octanol–water partition coefficient (Wildman–Crippen LogP) is 5.34. The summed E-state index contributed by atoms with van der Waals surface area (Å²) in [5, 5.41) is 4.98. The molecule has 3 nitrogen and oxygen atoms in total. The van der Waals surface area contributed by atoms with Gasteiger partial charge in [-0.3, -0.25) is 0 Å². The Balaban J connectivity index is 1.63. The highest BCUT2D eigenvalue weighted by Gasteiger charge is 2.25. The molecule has 0 fully saturated rings. The molecule has 1 aromatic heterocycles. The second-order valence-electron chi connectivity index (χ2n) is 6.62. The number of ether oxygens (including phenoxy) is 1. The monoisotopic (exact) mass is 398 g/mol. The molecule has 1 aliphatic rings. The lowest BCUT2D eigenvalue weighted by atomic mass is 9.94. The van der Waals surface area contributed by atoms with Crippen molar-refractivity contribution in [3.8, 4) is 5.75 Å². The van der Waals surface area contributed by atoms with Gasteiger partial charge in [0.25, 0.3) is 0 Å². The molecule has 0 bridgehead atoms. The molecule has 1 unspecified atom stereocenters. The van der Waals surface area contributed by atoms with Crippen LogP contribution >= 0.6 is 15.9 Å². The Kier molecular flexibility index (Phi) is 4.82. The van der Waals surface area contributed by atoms with Crippen LogP contribution in [-0.4, -0.2) is 18.1 Å². The molecule has 2 N–H and O–H groups in total. The molecule has 1 atom stereocenters. The molecular formula is C21H23BrN2O. The van der Waals surface area contributed by atoms with Gasteiger partial charge in [0.15, 0.2) is 0 Å². The van der Waals surface area contributed by atoms with E-state index in [0.717, 1.165) is 42.6 Å². The van der Waals surface area contributed by atoms with Gasteiger partial charge >= 0.3 is 0 Å². The average molecular weight is 399 g/mol. The minimum Gasteiger partial charge on any atom is -0.494 e. The fourth-order valence-corrected chi connectivity index (χ4v) is 3.94. The maximum absolute atomic E-state index is 5.79. The standard InChI is InChI=1S/C21H23BrN2O/c1-2-3-12-25-16-7-4-14(5-8-16)20-21-17(10-11-23-20)18-13-15(22)6-9-19(18)24-21/h4-9,13,20,23-24H,2-3,10-12H2,1H3. The molecule has 130 valence electrons. The first kappa shape index (κ1) is 16.7. The molecule has 3 aromatic rings. The van der Waals surface area contributed by atoms with Crippen LogP contribution in [0.5, 0.6) is 5.75 Å². The molecule has 1 aliphatic heterocycles. The lowest BCUT2D eigenvalue weighted by molar-refractivity contribution is 0.309. The Hall–Kier alpha value is -1.78. The number of hydrogen-bond donors (Lipinski definition) is 2. The zero-order chi connectivity index (χ0) is 17.2. The lowest BCUT2D eigenvalue weighted by Gasteiger charge is -2.25. The van der Waals surface area contributed by atoms with Crippen molar-refractivity contribution in [3.63, 3.8) is 0 Å². The number of nitrogens with one attached hydrogen (secondary N) is 2. The highest BCUT2D eigenvalue weighted by molar-refractivity contribution is 9.10. The molecule has 0 saturated heterocycles. The van der Waals surface area contributed by atoms with Crippen LogP contribution in [0.25, 0.3) is 10.9 Å². The number of halogens is 1. The Morgan fingerprint density at radius 1 is 1.16 bits per heavy atom. The first-order valence-corrected chi connectivity index (χ1v) is 9.81. The number of hydrogen-bond acceptors (Lipinski definition) is 2. The Morgan fingerprint density at radius 3 is 2.80 bits per heavy atom. The summed E-state index contributed by atoms with van der Waals surface area (Å²) in [5.41, 5.74) is 5.21. The molecule has 0 radical (unpaired) electrons. The first-order chi connectivity index (χ1) is 12.3. The summed E-state index contributed by atoms with van der Waals surface area (Å²) in [6.45, 7) is 3.96. The van der Waals surface area contributed by atoms with Crippen LogP contribution in [0, 0.1) is 0 Å². The van der Waals surface area contributed by atoms with E-state index in [1.54, 1.807) is 0 Å². The second kappa shape index (κ2) is 7.22. The normalized spacial score (nSPS) is 16.8. The van der Waals surface area contributed by atoms with E-state index in [1.807, 2.05) is 0 Å². The summed E-state index contributed by atoms with van der Waals surface area (Å²) in [6.07, 6.45) is 3.31. The van der Waals surface area contributed by atoms with E-state index in [1.165, 1.54) is 27.7 Å². The van der Waals surface area contributed by atoms with Crippen molar-refractivity contribution in [2.75, 3.05) is 13.2 Å². The van der Waals surface area contributed by atoms with Gasteiger partial charge < -0.3 is 15.0 Å². The van der Waals surface area contributed by atoms with E-state index in [0.29, 0.717) is 0 Å². The van der Waals surface area contributed by atoms with Gasteiger partial charge in [-0.2, -0.15) is 0 Å². The summed E-state index contributed by atoms with van der Waals surface area (Å²) >= 11 is 3.60. The quantitative estimate of drug-likeness (QED) is 0.568. The van der Waals surface area contributed by atoms with Crippen LogP contribution in [0.1, 0.15) is 42.6 Å². The van der Waals surface area contributed by atoms with Crippen molar-refractivity contribution in [1.82, 2.24) is 10.3 Å². The predicted molar refractivity (Wildman–Crippen MR) is 106 cm³/mol. The number of rotatable bonds is 5. The van der Waals surface area contributed by atoms with Gasteiger partial charge in [0.2, 0.25) is 0 Å². The number of fused-ring (bicyclic) bond motifs is 3. The van der Waals surface area contributed by atoms with Gasteiger partial charge in [0.05, 0.1) is 12.6 Å². The van der Waals surface area contributed by atoms with E-state index in [4.69, 9.17) is 4.74 Å². The van der Waals surface area contributed by atoms with Gasteiger partial charge in [0, 0.05) is 27.6 Å². The maximum atomic E-state index is 5.79. The molecule has 4 heteroatoms. The maximum Gasteiger partial charge on any atom is 0.119 e. The molecular weight excluding hydrogens is 376 g/mol. The number of aromatic nitrogens is 1. The van der Waals surface area contributed by atoms with Gasteiger partial charge in [-0.1, -0.05) is 41.4 Å². The van der Waals surface area contributed by atoms with Gasteiger partial charge in [-0.25, -0.2) is 0 Å². The molecule has 25 heavy (non-hydrogen) atoms. The molecule has 4 rings (SSSR count). The average Bonchev–Trinajstić information content (AvgIpc) is 3.00. The third kappa shape index (κ3) is 3.33. The molecule has 0 spiro atoms. The van der Waals surface area contributed by atoms with Crippen LogP contribution in [0.3, 0.4) is 0 Å². The number of unbranched alkanes of at least 4 members (excludes halogenated alkanes) is 1. The van der Waals surface area contributed by atoms with Crippen molar-refractivity contribution >= 4 is 26.8 Å². The van der Waals surface area contributed by atoms with Crippen molar-refractivity contribution < 1.29 is 4.74 Å². The lowest BCUT2D eigenvalue weighted by Crippen LogP contribution is -2.30. The Labute approximate surface area is 156 Å². The summed E-state index contributed by atoms with van der Waals surface area (Å²) in [7, 11) is 0. The molecule has 0 saturated carbocycles. The first-order valence-electron chi connectivity index (χ1n) is 9.02.